The normalized spacial score (nSPS) is 15.0. The lowest BCUT2D eigenvalue weighted by Crippen LogP contribution is -2.53. The first-order valence-electron chi connectivity index (χ1n) is 16.4. The number of methoxy groups -OCH3 is 2. The van der Waals surface area contributed by atoms with Gasteiger partial charge in [-0.25, -0.2) is 9.59 Å². The second-order valence-electron chi connectivity index (χ2n) is 12.1. The second kappa shape index (κ2) is 20.4. The number of benzene rings is 2. The molecule has 2 atom stereocenters. The number of aliphatic hydroxyl groups excluding tert-OH is 1. The Kier molecular flexibility index (Phi) is 17.1. The number of Topliss-reactive ketones (excluding diaryl/α,β-unsaturated/α-hetero) is 1. The molecule has 0 bridgehead atoms. The average molecular weight is 688 g/mol. The molecule has 0 spiro atoms. The molecule has 1 aliphatic heterocycles. The van der Waals surface area contributed by atoms with E-state index in [0.717, 1.165) is 12.0 Å². The first kappa shape index (κ1) is 41.0. The van der Waals surface area contributed by atoms with Crippen molar-refractivity contribution in [2.24, 2.45) is 5.41 Å². The third kappa shape index (κ3) is 12.0. The zero-order valence-corrected chi connectivity index (χ0v) is 28.7. The molecule has 0 radical (unpaired) electrons. The van der Waals surface area contributed by atoms with E-state index >= 15 is 0 Å². The van der Waals surface area contributed by atoms with E-state index in [1.54, 1.807) is 52.3 Å². The molecule has 1 fully saturated rings. The number of piperidine rings is 1. The van der Waals surface area contributed by atoms with Gasteiger partial charge < -0.3 is 38.4 Å². The number of ketones is 1. The summed E-state index contributed by atoms with van der Waals surface area (Å²) in [5.74, 6) is -0.818. The van der Waals surface area contributed by atoms with Gasteiger partial charge in [0.25, 0.3) is 5.91 Å². The van der Waals surface area contributed by atoms with Gasteiger partial charge in [-0.1, -0.05) is 46.4 Å². The standard InChI is InChI=1S/C36H49NO11.CH4/c1-6-36(2,3)33(40)34(41)37-17-8-7-12-28(37)35(42)48-29(15-13-25-14-16-30(43-4)31(22-25)44-5)26-10-9-11-27(23-26)47-24-32(39)46-21-20-45-19-18-38;/h9-11,14,16,22-23,28-29,38H,6-8,12-13,15,17-21,24H2,1-5H3;1H4/t28?,29-;/m1./s1. The molecule has 0 aromatic heterocycles. The van der Waals surface area contributed by atoms with Crippen molar-refractivity contribution in [3.63, 3.8) is 0 Å². The summed E-state index contributed by atoms with van der Waals surface area (Å²) in [6.45, 7) is 5.49. The Morgan fingerprint density at radius 3 is 2.43 bits per heavy atom. The molecule has 1 N–H and O–H groups in total. The van der Waals surface area contributed by atoms with E-state index in [2.05, 4.69) is 0 Å². The van der Waals surface area contributed by atoms with Gasteiger partial charge in [0.2, 0.25) is 5.78 Å². The summed E-state index contributed by atoms with van der Waals surface area (Å²) in [4.78, 5) is 53.8. The number of hydrogen-bond acceptors (Lipinski definition) is 11. The van der Waals surface area contributed by atoms with Crippen molar-refractivity contribution in [2.45, 2.75) is 78.9 Å². The fourth-order valence-electron chi connectivity index (χ4n) is 5.22. The Morgan fingerprint density at radius 1 is 0.980 bits per heavy atom. The van der Waals surface area contributed by atoms with Gasteiger partial charge >= 0.3 is 11.9 Å². The molecule has 1 amide bonds. The van der Waals surface area contributed by atoms with Crippen LogP contribution in [-0.2, 0) is 39.8 Å². The minimum absolute atomic E-state index is 0. The van der Waals surface area contributed by atoms with Crippen LogP contribution >= 0.6 is 0 Å². The molecule has 12 heteroatoms. The van der Waals surface area contributed by atoms with Crippen molar-refractivity contribution >= 4 is 23.6 Å². The number of ether oxygens (including phenoxy) is 6. The predicted molar refractivity (Wildman–Crippen MR) is 183 cm³/mol. The maximum Gasteiger partial charge on any atom is 0.344 e. The third-order valence-electron chi connectivity index (χ3n) is 8.44. The third-order valence-corrected chi connectivity index (χ3v) is 8.44. The van der Waals surface area contributed by atoms with E-state index in [4.69, 9.17) is 33.5 Å². The van der Waals surface area contributed by atoms with Crippen molar-refractivity contribution in [2.75, 3.05) is 53.8 Å². The number of carbonyl (C=O) groups excluding carboxylic acids is 4. The number of esters is 2. The SMILES string of the molecule is C.CCC(C)(C)C(=O)C(=O)N1CCCCC1C(=O)O[C@H](CCc1ccc(OC)c(OC)c1)c1cccc(OCC(=O)OCCOCCO)c1. The lowest BCUT2D eigenvalue weighted by molar-refractivity contribution is -0.164. The van der Waals surface area contributed by atoms with Crippen LogP contribution in [0.4, 0.5) is 0 Å². The van der Waals surface area contributed by atoms with Gasteiger partial charge in [-0.2, -0.15) is 0 Å². The summed E-state index contributed by atoms with van der Waals surface area (Å²) >= 11 is 0. The summed E-state index contributed by atoms with van der Waals surface area (Å²) < 4.78 is 32.8. The molecular weight excluding hydrogens is 634 g/mol. The number of nitrogens with zero attached hydrogens (tertiary/aromatic N) is 1. The van der Waals surface area contributed by atoms with Crippen LogP contribution in [0, 0.1) is 5.41 Å². The molecule has 49 heavy (non-hydrogen) atoms. The highest BCUT2D eigenvalue weighted by molar-refractivity contribution is 6.38. The van der Waals surface area contributed by atoms with Crippen LogP contribution in [-0.4, -0.2) is 93.5 Å². The molecule has 272 valence electrons. The smallest absolute Gasteiger partial charge is 0.344 e. The fourth-order valence-corrected chi connectivity index (χ4v) is 5.22. The van der Waals surface area contributed by atoms with Crippen molar-refractivity contribution in [1.29, 1.82) is 0 Å². The Morgan fingerprint density at radius 2 is 1.73 bits per heavy atom. The van der Waals surface area contributed by atoms with Gasteiger partial charge in [0.15, 0.2) is 18.1 Å². The zero-order chi connectivity index (χ0) is 35.1. The molecule has 0 saturated carbocycles. The summed E-state index contributed by atoms with van der Waals surface area (Å²) in [6.07, 6.45) is 2.43. The molecule has 12 nitrogen and oxygen atoms in total. The molecule has 1 unspecified atom stereocenters. The average Bonchev–Trinajstić information content (AvgIpc) is 3.11. The van der Waals surface area contributed by atoms with Crippen LogP contribution < -0.4 is 14.2 Å². The fraction of sp³-hybridized carbons (Fsp3) is 0.568. The van der Waals surface area contributed by atoms with Crippen molar-refractivity contribution in [3.05, 3.63) is 53.6 Å². The summed E-state index contributed by atoms with van der Waals surface area (Å²) in [6, 6.07) is 11.6. The minimum Gasteiger partial charge on any atom is -0.493 e. The van der Waals surface area contributed by atoms with Crippen LogP contribution in [0.15, 0.2) is 42.5 Å². The first-order chi connectivity index (χ1) is 23.0. The topological polar surface area (TPSA) is 147 Å². The summed E-state index contributed by atoms with van der Waals surface area (Å²) in [7, 11) is 3.12. The van der Waals surface area contributed by atoms with Gasteiger partial charge in [0, 0.05) is 12.0 Å². The summed E-state index contributed by atoms with van der Waals surface area (Å²) in [5, 5.41) is 8.76. The summed E-state index contributed by atoms with van der Waals surface area (Å²) in [5.41, 5.74) is 0.712. The van der Waals surface area contributed by atoms with E-state index in [1.807, 2.05) is 25.1 Å². The number of rotatable bonds is 19. The van der Waals surface area contributed by atoms with Gasteiger partial charge in [-0.05, 0) is 73.9 Å². The van der Waals surface area contributed by atoms with Crippen LogP contribution in [0.2, 0.25) is 0 Å². The number of aryl methyl sites for hydroxylation is 1. The highest BCUT2D eigenvalue weighted by atomic mass is 16.6. The van der Waals surface area contributed by atoms with Crippen LogP contribution in [0.1, 0.15) is 77.5 Å². The number of aliphatic hydroxyl groups is 1. The highest BCUT2D eigenvalue weighted by Crippen LogP contribution is 2.32. The van der Waals surface area contributed by atoms with E-state index in [9.17, 15) is 19.2 Å². The Bertz CT molecular complexity index is 1380. The van der Waals surface area contributed by atoms with Crippen LogP contribution in [0.5, 0.6) is 17.2 Å². The molecule has 2 aromatic rings. The van der Waals surface area contributed by atoms with E-state index in [0.29, 0.717) is 61.5 Å². The van der Waals surface area contributed by atoms with Gasteiger partial charge in [0.1, 0.15) is 24.5 Å². The first-order valence-corrected chi connectivity index (χ1v) is 16.4. The van der Waals surface area contributed by atoms with Gasteiger partial charge in [-0.15, -0.1) is 0 Å². The molecule has 2 aromatic carbocycles. The van der Waals surface area contributed by atoms with Crippen molar-refractivity contribution in [3.8, 4) is 17.2 Å². The molecule has 0 aliphatic carbocycles. The monoisotopic (exact) mass is 687 g/mol. The zero-order valence-electron chi connectivity index (χ0n) is 28.7. The van der Waals surface area contributed by atoms with E-state index in [-0.39, 0.29) is 40.5 Å². The lowest BCUT2D eigenvalue weighted by atomic mass is 9.84. The highest BCUT2D eigenvalue weighted by Gasteiger charge is 2.41. The maximum atomic E-state index is 13.8. The molecule has 1 aliphatic rings. The number of likely N-dealkylation sites (tertiary alicyclic amines) is 1. The lowest BCUT2D eigenvalue weighted by Gasteiger charge is -2.36. The number of carbonyl (C=O) groups is 4. The molecule has 1 saturated heterocycles. The maximum absolute atomic E-state index is 13.8. The largest absolute Gasteiger partial charge is 0.493 e. The minimum atomic E-state index is -0.887. The Labute approximate surface area is 289 Å². The van der Waals surface area contributed by atoms with E-state index in [1.165, 1.54) is 4.90 Å². The number of amides is 1. The molecular formula is C37H53NO11. The van der Waals surface area contributed by atoms with Crippen LogP contribution in [0.3, 0.4) is 0 Å². The predicted octanol–water partition coefficient (Wildman–Crippen LogP) is 4.87. The Balaban J connectivity index is 0.00000833. The van der Waals surface area contributed by atoms with Crippen molar-refractivity contribution in [1.82, 2.24) is 4.90 Å². The van der Waals surface area contributed by atoms with Crippen molar-refractivity contribution < 1.29 is 52.7 Å². The Hall–Kier alpha value is -4.16. The molecule has 1 heterocycles. The van der Waals surface area contributed by atoms with Crippen LogP contribution in [0.25, 0.3) is 0 Å². The quantitative estimate of drug-likeness (QED) is 0.123. The number of hydrogen-bond donors (Lipinski definition) is 1. The second-order valence-corrected chi connectivity index (χ2v) is 12.1. The van der Waals surface area contributed by atoms with Gasteiger partial charge in [0.05, 0.1) is 34.0 Å². The van der Waals surface area contributed by atoms with E-state index < -0.39 is 41.2 Å². The molecule has 3 rings (SSSR count). The van der Waals surface area contributed by atoms with Gasteiger partial charge in [-0.3, -0.25) is 9.59 Å².